The van der Waals surface area contributed by atoms with E-state index in [-0.39, 0.29) is 16.2 Å². The van der Waals surface area contributed by atoms with Crippen molar-refractivity contribution >= 4 is 44.7 Å². The zero-order valence-corrected chi connectivity index (χ0v) is 17.9. The van der Waals surface area contributed by atoms with E-state index in [0.29, 0.717) is 22.0 Å². The van der Waals surface area contributed by atoms with Crippen LogP contribution in [-0.2, 0) is 10.0 Å². The summed E-state index contributed by atoms with van der Waals surface area (Å²) in [5, 5.41) is 3.08. The quantitative estimate of drug-likeness (QED) is 0.564. The van der Waals surface area contributed by atoms with E-state index in [4.69, 9.17) is 11.6 Å². The number of halogens is 1. The highest BCUT2D eigenvalue weighted by Crippen LogP contribution is 2.25. The summed E-state index contributed by atoms with van der Waals surface area (Å²) >= 11 is 5.97. The molecule has 0 spiro atoms. The number of nitrogens with one attached hydrogen (secondary N) is 1. The molecule has 1 amide bonds. The molecular weight excluding hydrogens is 424 g/mol. The normalized spacial score (nSPS) is 11.0. The lowest BCUT2D eigenvalue weighted by atomic mass is 10.1. The molecule has 0 saturated heterocycles. The fourth-order valence-corrected chi connectivity index (χ4v) is 4.28. The highest BCUT2D eigenvalue weighted by Gasteiger charge is 2.23. The lowest BCUT2D eigenvalue weighted by molar-refractivity contribution is 0.101. The van der Waals surface area contributed by atoms with Crippen molar-refractivity contribution in [3.63, 3.8) is 0 Å². The van der Waals surface area contributed by atoms with Gasteiger partial charge in [0.05, 0.1) is 16.3 Å². The Hall–Kier alpha value is -3.16. The monoisotopic (exact) mass is 442 g/mol. The summed E-state index contributed by atoms with van der Waals surface area (Å²) in [6.45, 7) is 1.41. The Morgan fingerprint density at radius 2 is 1.63 bits per heavy atom. The van der Waals surface area contributed by atoms with Crippen molar-refractivity contribution in [2.75, 3.05) is 16.7 Å². The Morgan fingerprint density at radius 1 is 0.933 bits per heavy atom. The highest BCUT2D eigenvalue weighted by molar-refractivity contribution is 7.92. The van der Waals surface area contributed by atoms with E-state index in [1.807, 2.05) is 0 Å². The SMILES string of the molecule is CC(=O)c1ccccc1NC(=O)c1cccc(S(=O)(=O)N(C)c2cccc(Cl)c2)c1. The van der Waals surface area contributed by atoms with Crippen LogP contribution in [0.4, 0.5) is 11.4 Å². The van der Waals surface area contributed by atoms with Crippen LogP contribution in [0.15, 0.2) is 77.7 Å². The summed E-state index contributed by atoms with van der Waals surface area (Å²) in [4.78, 5) is 24.4. The molecule has 6 nitrogen and oxygen atoms in total. The highest BCUT2D eigenvalue weighted by atomic mass is 35.5. The van der Waals surface area contributed by atoms with Gasteiger partial charge in [0.2, 0.25) is 0 Å². The fourth-order valence-electron chi connectivity index (χ4n) is 2.86. The molecular formula is C22H19ClN2O4S. The number of Topliss-reactive ketones (excluding diaryl/α,β-unsaturated/α-hetero) is 1. The Labute approximate surface area is 180 Å². The molecule has 3 rings (SSSR count). The summed E-state index contributed by atoms with van der Waals surface area (Å²) in [6.07, 6.45) is 0. The average molecular weight is 443 g/mol. The van der Waals surface area contributed by atoms with Crippen LogP contribution >= 0.6 is 11.6 Å². The number of amides is 1. The molecule has 0 aromatic heterocycles. The molecule has 30 heavy (non-hydrogen) atoms. The molecule has 0 aliphatic heterocycles. The summed E-state index contributed by atoms with van der Waals surface area (Å²) in [5.41, 5.74) is 1.27. The first-order valence-corrected chi connectivity index (χ1v) is 10.8. The van der Waals surface area contributed by atoms with Crippen LogP contribution in [0.1, 0.15) is 27.6 Å². The Bertz CT molecular complexity index is 1230. The van der Waals surface area contributed by atoms with Crippen LogP contribution in [0, 0.1) is 0 Å². The van der Waals surface area contributed by atoms with Crippen molar-refractivity contribution in [2.45, 2.75) is 11.8 Å². The van der Waals surface area contributed by atoms with Gasteiger partial charge in [-0.1, -0.05) is 35.9 Å². The zero-order valence-electron chi connectivity index (χ0n) is 16.3. The predicted octanol–water partition coefficient (Wildman–Crippen LogP) is 4.62. The third-order valence-electron chi connectivity index (χ3n) is 4.48. The van der Waals surface area contributed by atoms with Gasteiger partial charge in [0.1, 0.15) is 0 Å². The van der Waals surface area contributed by atoms with Crippen molar-refractivity contribution in [3.8, 4) is 0 Å². The summed E-state index contributed by atoms with van der Waals surface area (Å²) in [5.74, 6) is -0.712. The lowest BCUT2D eigenvalue weighted by Gasteiger charge is -2.20. The number of nitrogens with zero attached hydrogens (tertiary/aromatic N) is 1. The minimum absolute atomic E-state index is 0.0440. The van der Waals surface area contributed by atoms with Gasteiger partial charge in [0, 0.05) is 23.2 Å². The molecule has 0 heterocycles. The van der Waals surface area contributed by atoms with Crippen LogP contribution in [0.2, 0.25) is 5.02 Å². The van der Waals surface area contributed by atoms with E-state index in [0.717, 1.165) is 4.31 Å². The third-order valence-corrected chi connectivity index (χ3v) is 6.50. The molecule has 0 saturated carbocycles. The third kappa shape index (κ3) is 4.53. The molecule has 0 aliphatic rings. The number of sulfonamides is 1. The summed E-state index contributed by atoms with van der Waals surface area (Å²) in [7, 11) is -2.51. The second kappa shape index (κ2) is 8.69. The van der Waals surface area contributed by atoms with Crippen molar-refractivity contribution in [2.24, 2.45) is 0 Å². The number of anilines is 2. The number of carbonyl (C=O) groups is 2. The molecule has 3 aromatic carbocycles. The second-order valence-corrected chi connectivity index (χ2v) is 8.94. The van der Waals surface area contributed by atoms with Gasteiger partial charge < -0.3 is 5.32 Å². The second-order valence-electron chi connectivity index (χ2n) is 6.54. The zero-order chi connectivity index (χ0) is 21.9. The fraction of sp³-hybridized carbons (Fsp3) is 0.0909. The maximum Gasteiger partial charge on any atom is 0.264 e. The molecule has 0 atom stereocenters. The smallest absolute Gasteiger partial charge is 0.264 e. The van der Waals surface area contributed by atoms with Gasteiger partial charge in [-0.25, -0.2) is 8.42 Å². The molecule has 0 bridgehead atoms. The number of hydrogen-bond donors (Lipinski definition) is 1. The van der Waals surface area contributed by atoms with E-state index >= 15 is 0 Å². The molecule has 154 valence electrons. The first kappa shape index (κ1) is 21.5. The van der Waals surface area contributed by atoms with Gasteiger partial charge in [-0.15, -0.1) is 0 Å². The molecule has 0 fully saturated rings. The maximum atomic E-state index is 13.0. The topological polar surface area (TPSA) is 83.5 Å². The standard InChI is InChI=1S/C22H19ClN2O4S/c1-15(26)20-11-3-4-12-21(20)24-22(27)16-7-5-10-19(13-16)30(28,29)25(2)18-9-6-8-17(23)14-18/h3-14H,1-2H3,(H,24,27). The van der Waals surface area contributed by atoms with Gasteiger partial charge in [-0.3, -0.25) is 13.9 Å². The Balaban J connectivity index is 1.90. The van der Waals surface area contributed by atoms with E-state index in [2.05, 4.69) is 5.32 Å². The predicted molar refractivity (Wildman–Crippen MR) is 118 cm³/mol. The number of para-hydroxylation sites is 1. The molecule has 0 aliphatic carbocycles. The van der Waals surface area contributed by atoms with Crippen LogP contribution in [0.25, 0.3) is 0 Å². The molecule has 0 radical (unpaired) electrons. The lowest BCUT2D eigenvalue weighted by Crippen LogP contribution is -2.27. The van der Waals surface area contributed by atoms with Crippen molar-refractivity contribution in [1.29, 1.82) is 0 Å². The van der Waals surface area contributed by atoms with Crippen LogP contribution in [0.5, 0.6) is 0 Å². The van der Waals surface area contributed by atoms with E-state index in [1.54, 1.807) is 42.5 Å². The molecule has 1 N–H and O–H groups in total. The first-order valence-electron chi connectivity index (χ1n) is 8.96. The summed E-state index contributed by atoms with van der Waals surface area (Å²) in [6, 6.07) is 18.8. The van der Waals surface area contributed by atoms with Crippen LogP contribution in [-0.4, -0.2) is 27.2 Å². The van der Waals surface area contributed by atoms with Gasteiger partial charge >= 0.3 is 0 Å². The maximum absolute atomic E-state index is 13.0. The van der Waals surface area contributed by atoms with Crippen molar-refractivity contribution in [3.05, 3.63) is 88.9 Å². The molecule has 8 heteroatoms. The summed E-state index contributed by atoms with van der Waals surface area (Å²) < 4.78 is 27.2. The Kier molecular flexibility index (Phi) is 6.24. The van der Waals surface area contributed by atoms with Crippen LogP contribution in [0.3, 0.4) is 0 Å². The van der Waals surface area contributed by atoms with Crippen molar-refractivity contribution < 1.29 is 18.0 Å². The van der Waals surface area contributed by atoms with E-state index < -0.39 is 15.9 Å². The van der Waals surface area contributed by atoms with Gasteiger partial charge in [-0.2, -0.15) is 0 Å². The van der Waals surface area contributed by atoms with Crippen LogP contribution < -0.4 is 9.62 Å². The number of ketones is 1. The van der Waals surface area contributed by atoms with Gasteiger partial charge in [0.15, 0.2) is 5.78 Å². The minimum Gasteiger partial charge on any atom is -0.321 e. The minimum atomic E-state index is -3.92. The first-order chi connectivity index (χ1) is 14.2. The number of hydrogen-bond acceptors (Lipinski definition) is 4. The Morgan fingerprint density at radius 3 is 2.33 bits per heavy atom. The number of rotatable bonds is 6. The molecule has 0 unspecified atom stereocenters. The number of carbonyl (C=O) groups excluding carboxylic acids is 2. The average Bonchev–Trinajstić information content (AvgIpc) is 2.73. The van der Waals surface area contributed by atoms with E-state index in [9.17, 15) is 18.0 Å². The van der Waals surface area contributed by atoms with Crippen molar-refractivity contribution in [1.82, 2.24) is 0 Å². The van der Waals surface area contributed by atoms with Gasteiger partial charge in [0.25, 0.3) is 15.9 Å². The largest absolute Gasteiger partial charge is 0.321 e. The number of benzene rings is 3. The van der Waals surface area contributed by atoms with Gasteiger partial charge in [-0.05, 0) is 55.5 Å². The molecule has 3 aromatic rings. The van der Waals surface area contributed by atoms with E-state index in [1.165, 1.54) is 44.3 Å².